The molecule has 2 aromatic carbocycles. The first-order valence-corrected chi connectivity index (χ1v) is 10.9. The average molecular weight is 552 g/mol. The van der Waals surface area contributed by atoms with Crippen molar-refractivity contribution in [1.82, 2.24) is 4.90 Å². The first kappa shape index (κ1) is 23.0. The van der Waals surface area contributed by atoms with Crippen LogP contribution in [0.15, 0.2) is 42.1 Å². The molecule has 3 rings (SSSR count). The quantitative estimate of drug-likeness (QED) is 0.254. The smallest absolute Gasteiger partial charge is 0.325 e. The number of phenolic OH excluding ortho intramolecular Hbond substituents is 1. The first-order chi connectivity index (χ1) is 14.8. The molecular weight excluding hydrogens is 531 g/mol. The summed E-state index contributed by atoms with van der Waals surface area (Å²) in [6.07, 6.45) is 2.49. The van der Waals surface area contributed by atoms with Crippen LogP contribution < -0.4 is 9.64 Å². The van der Waals surface area contributed by atoms with Crippen LogP contribution in [0.4, 0.5) is 5.69 Å². The number of carbonyl (C=O) groups is 2. The third-order valence-electron chi connectivity index (χ3n) is 4.83. The number of amides is 1. The Morgan fingerprint density at radius 1 is 1.23 bits per heavy atom. The fraction of sp³-hybridized carbons (Fsp3) is 0.227. The van der Waals surface area contributed by atoms with Crippen LogP contribution in [0, 0.1) is 3.57 Å². The number of thiocarbonyl (C=S) groups is 1. The minimum atomic E-state index is -0.526. The Morgan fingerprint density at radius 2 is 1.90 bits per heavy atom. The summed E-state index contributed by atoms with van der Waals surface area (Å²) in [6.45, 7) is 1.84. The Hall–Kier alpha value is -2.66. The van der Waals surface area contributed by atoms with Crippen molar-refractivity contribution in [2.45, 2.75) is 13.3 Å². The van der Waals surface area contributed by atoms with Crippen molar-refractivity contribution in [3.05, 3.63) is 56.8 Å². The molecule has 1 fully saturated rings. The molecule has 1 aliphatic rings. The molecule has 1 N–H and O–H groups in total. The maximum absolute atomic E-state index is 13.4. The summed E-state index contributed by atoms with van der Waals surface area (Å²) in [4.78, 5) is 28.2. The van der Waals surface area contributed by atoms with Crippen molar-refractivity contribution in [1.29, 1.82) is 0 Å². The van der Waals surface area contributed by atoms with Crippen LogP contribution in [0.1, 0.15) is 18.1 Å². The van der Waals surface area contributed by atoms with Crippen LogP contribution in [0.25, 0.3) is 6.08 Å². The lowest BCUT2D eigenvalue weighted by atomic mass is 10.1. The number of anilines is 1. The van der Waals surface area contributed by atoms with Gasteiger partial charge in [-0.05, 0) is 82.7 Å². The fourth-order valence-electron chi connectivity index (χ4n) is 3.13. The Labute approximate surface area is 199 Å². The SMILES string of the molecule is CCc1ccc(N2C(=O)/C(=C/c3cc(I)c(O)c(OC)c3)N(CC(=O)OC)C2=S)cc1. The molecule has 1 aliphatic heterocycles. The van der Waals surface area contributed by atoms with Crippen LogP contribution in [-0.2, 0) is 20.7 Å². The van der Waals surface area contributed by atoms with Gasteiger partial charge in [0, 0.05) is 0 Å². The number of rotatable bonds is 6. The molecule has 9 heteroatoms. The maximum Gasteiger partial charge on any atom is 0.325 e. The van der Waals surface area contributed by atoms with Crippen molar-refractivity contribution >= 4 is 63.6 Å². The van der Waals surface area contributed by atoms with E-state index in [1.54, 1.807) is 18.2 Å². The minimum Gasteiger partial charge on any atom is -0.504 e. The zero-order valence-electron chi connectivity index (χ0n) is 17.2. The van der Waals surface area contributed by atoms with E-state index in [9.17, 15) is 14.7 Å². The van der Waals surface area contributed by atoms with E-state index in [1.807, 2.05) is 53.8 Å². The molecular formula is C22H21IN2O5S. The lowest BCUT2D eigenvalue weighted by Crippen LogP contribution is -2.35. The number of phenols is 1. The molecule has 7 nitrogen and oxygen atoms in total. The van der Waals surface area contributed by atoms with Crippen LogP contribution in [0.2, 0.25) is 0 Å². The highest BCUT2D eigenvalue weighted by Gasteiger charge is 2.40. The largest absolute Gasteiger partial charge is 0.504 e. The predicted octanol–water partition coefficient (Wildman–Crippen LogP) is 3.72. The monoisotopic (exact) mass is 552 g/mol. The standard InChI is InChI=1S/C22H21IN2O5S/c1-4-13-5-7-15(8-6-13)25-21(28)17(24(22(25)31)12-19(26)30-3)10-14-9-16(23)20(27)18(11-14)29-2/h5-11,27H,4,12H2,1-3H3/b17-10-. The molecule has 1 amide bonds. The molecule has 1 heterocycles. The molecule has 2 aromatic rings. The van der Waals surface area contributed by atoms with Gasteiger partial charge in [-0.25, -0.2) is 0 Å². The lowest BCUT2D eigenvalue weighted by Gasteiger charge is -2.19. The highest BCUT2D eigenvalue weighted by molar-refractivity contribution is 14.1. The molecule has 0 spiro atoms. The highest BCUT2D eigenvalue weighted by Crippen LogP contribution is 2.35. The number of ether oxygens (including phenoxy) is 2. The fourth-order valence-corrected chi connectivity index (χ4v) is 4.10. The summed E-state index contributed by atoms with van der Waals surface area (Å²) < 4.78 is 10.6. The van der Waals surface area contributed by atoms with E-state index >= 15 is 0 Å². The van der Waals surface area contributed by atoms with Gasteiger partial charge in [-0.2, -0.15) is 0 Å². The summed E-state index contributed by atoms with van der Waals surface area (Å²) in [6, 6.07) is 10.8. The molecule has 0 atom stereocenters. The number of benzene rings is 2. The van der Waals surface area contributed by atoms with Crippen LogP contribution in [-0.4, -0.2) is 47.8 Å². The van der Waals surface area contributed by atoms with Gasteiger partial charge in [0.05, 0.1) is 23.5 Å². The van der Waals surface area contributed by atoms with Crippen LogP contribution in [0.3, 0.4) is 0 Å². The Balaban J connectivity index is 2.08. The van der Waals surface area contributed by atoms with Gasteiger partial charge in [0.2, 0.25) is 0 Å². The topological polar surface area (TPSA) is 79.3 Å². The summed E-state index contributed by atoms with van der Waals surface area (Å²) in [5, 5.41) is 10.3. The van der Waals surface area contributed by atoms with Gasteiger partial charge in [0.25, 0.3) is 5.91 Å². The predicted molar refractivity (Wildman–Crippen MR) is 130 cm³/mol. The Kier molecular flexibility index (Phi) is 7.16. The van der Waals surface area contributed by atoms with Gasteiger partial charge in [0.15, 0.2) is 16.6 Å². The summed E-state index contributed by atoms with van der Waals surface area (Å²) >= 11 is 7.53. The van der Waals surface area contributed by atoms with Gasteiger partial charge in [0.1, 0.15) is 12.2 Å². The number of hydrogen-bond acceptors (Lipinski definition) is 6. The van der Waals surface area contributed by atoms with E-state index in [4.69, 9.17) is 21.7 Å². The van der Waals surface area contributed by atoms with E-state index in [-0.39, 0.29) is 34.8 Å². The van der Waals surface area contributed by atoms with Gasteiger partial charge in [-0.15, -0.1) is 0 Å². The maximum atomic E-state index is 13.4. The third-order valence-corrected chi connectivity index (χ3v) is 6.05. The normalized spacial score (nSPS) is 15.0. The van der Waals surface area contributed by atoms with Crippen molar-refractivity contribution in [2.24, 2.45) is 0 Å². The molecule has 0 bridgehead atoms. The number of nitrogens with zero attached hydrogens (tertiary/aromatic N) is 2. The number of carbonyl (C=O) groups excluding carboxylic acids is 2. The zero-order valence-corrected chi connectivity index (χ0v) is 20.2. The summed E-state index contributed by atoms with van der Waals surface area (Å²) in [5.41, 5.74) is 2.58. The lowest BCUT2D eigenvalue weighted by molar-refractivity contribution is -0.140. The highest BCUT2D eigenvalue weighted by atomic mass is 127. The van der Waals surface area contributed by atoms with Gasteiger partial charge < -0.3 is 19.5 Å². The number of methoxy groups -OCH3 is 2. The molecule has 0 aromatic heterocycles. The van der Waals surface area contributed by atoms with E-state index in [2.05, 4.69) is 0 Å². The number of halogens is 1. The van der Waals surface area contributed by atoms with Crippen molar-refractivity contribution in [2.75, 3.05) is 25.7 Å². The third kappa shape index (κ3) is 4.67. The number of esters is 1. The van der Waals surface area contributed by atoms with E-state index in [1.165, 1.54) is 24.0 Å². The number of aryl methyl sites for hydroxylation is 1. The molecule has 0 radical (unpaired) electrons. The summed E-state index contributed by atoms with van der Waals surface area (Å²) in [7, 11) is 2.73. The Morgan fingerprint density at radius 3 is 2.48 bits per heavy atom. The molecule has 1 saturated heterocycles. The number of aromatic hydroxyl groups is 1. The van der Waals surface area contributed by atoms with E-state index in [0.717, 1.165) is 12.0 Å². The zero-order chi connectivity index (χ0) is 22.7. The second-order valence-corrected chi connectivity index (χ2v) is 8.22. The minimum absolute atomic E-state index is 0.0163. The molecule has 0 unspecified atom stereocenters. The van der Waals surface area contributed by atoms with Crippen LogP contribution in [0.5, 0.6) is 11.5 Å². The Bertz CT molecular complexity index is 1070. The molecule has 31 heavy (non-hydrogen) atoms. The van der Waals surface area contributed by atoms with E-state index in [0.29, 0.717) is 14.8 Å². The van der Waals surface area contributed by atoms with Gasteiger partial charge in [-0.3, -0.25) is 14.5 Å². The average Bonchev–Trinajstić information content (AvgIpc) is 2.99. The molecule has 162 valence electrons. The number of hydrogen-bond donors (Lipinski definition) is 1. The van der Waals surface area contributed by atoms with Crippen LogP contribution >= 0.6 is 34.8 Å². The molecule has 0 saturated carbocycles. The second kappa shape index (κ2) is 9.65. The molecule has 0 aliphatic carbocycles. The van der Waals surface area contributed by atoms with Crippen molar-refractivity contribution < 1.29 is 24.2 Å². The van der Waals surface area contributed by atoms with Crippen molar-refractivity contribution in [3.63, 3.8) is 0 Å². The van der Waals surface area contributed by atoms with Gasteiger partial charge in [-0.1, -0.05) is 19.1 Å². The first-order valence-electron chi connectivity index (χ1n) is 9.40. The summed E-state index contributed by atoms with van der Waals surface area (Å²) in [5.74, 6) is -0.594. The van der Waals surface area contributed by atoms with Gasteiger partial charge >= 0.3 is 5.97 Å². The second-order valence-electron chi connectivity index (χ2n) is 6.69. The van der Waals surface area contributed by atoms with E-state index < -0.39 is 5.97 Å². The van der Waals surface area contributed by atoms with Crippen molar-refractivity contribution in [3.8, 4) is 11.5 Å².